The van der Waals surface area contributed by atoms with Crippen molar-refractivity contribution >= 4 is 27.7 Å². The van der Waals surface area contributed by atoms with E-state index in [9.17, 15) is 13.6 Å². The van der Waals surface area contributed by atoms with Gasteiger partial charge in [-0.3, -0.25) is 4.79 Å². The van der Waals surface area contributed by atoms with Gasteiger partial charge in [0.2, 0.25) is 5.91 Å². The van der Waals surface area contributed by atoms with Gasteiger partial charge in [0.05, 0.1) is 11.0 Å². The molecule has 28 heavy (non-hydrogen) atoms. The van der Waals surface area contributed by atoms with E-state index in [0.29, 0.717) is 16.5 Å². The Morgan fingerprint density at radius 3 is 2.46 bits per heavy atom. The van der Waals surface area contributed by atoms with Crippen molar-refractivity contribution in [2.45, 2.75) is 26.3 Å². The van der Waals surface area contributed by atoms with Crippen LogP contribution in [0.2, 0.25) is 0 Å². The van der Waals surface area contributed by atoms with Crippen molar-refractivity contribution < 1.29 is 13.6 Å². The topological polar surface area (TPSA) is 48.0 Å². The molecule has 0 aliphatic rings. The minimum Gasteiger partial charge on any atom is -0.366 e. The summed E-state index contributed by atoms with van der Waals surface area (Å²) in [5.41, 5.74) is 9.19. The summed E-state index contributed by atoms with van der Waals surface area (Å²) in [6.45, 7) is 4.42. The molecule has 0 spiro atoms. The van der Waals surface area contributed by atoms with Gasteiger partial charge in [-0.1, -0.05) is 26.0 Å². The van der Waals surface area contributed by atoms with Crippen LogP contribution >= 0.6 is 0 Å². The van der Waals surface area contributed by atoms with Gasteiger partial charge in [-0.05, 0) is 53.4 Å². The number of benzene rings is 3. The Balaban J connectivity index is 2.05. The SMILES string of the molecule is CC(C)c1c[c]c2c3c(C(N)=O)cccc3n(Cc3cc(F)cc(F)c3)c2c1. The Kier molecular flexibility index (Phi) is 4.38. The third-order valence-electron chi connectivity index (χ3n) is 5.01. The molecule has 0 aliphatic carbocycles. The van der Waals surface area contributed by atoms with E-state index in [-0.39, 0.29) is 12.5 Å². The predicted molar refractivity (Wildman–Crippen MR) is 106 cm³/mol. The highest BCUT2D eigenvalue weighted by molar-refractivity contribution is 6.17. The third-order valence-corrected chi connectivity index (χ3v) is 5.01. The Hall–Kier alpha value is -3.21. The minimum atomic E-state index is -0.622. The Morgan fingerprint density at radius 1 is 1.11 bits per heavy atom. The quantitative estimate of drug-likeness (QED) is 0.526. The summed E-state index contributed by atoms with van der Waals surface area (Å²) >= 11 is 0. The van der Waals surface area contributed by atoms with Gasteiger partial charge in [-0.25, -0.2) is 8.78 Å². The monoisotopic (exact) mass is 377 g/mol. The van der Waals surface area contributed by atoms with E-state index in [4.69, 9.17) is 5.73 Å². The summed E-state index contributed by atoms with van der Waals surface area (Å²) < 4.78 is 29.4. The maximum atomic E-state index is 13.7. The highest BCUT2D eigenvalue weighted by atomic mass is 19.1. The average molecular weight is 377 g/mol. The van der Waals surface area contributed by atoms with E-state index in [1.807, 2.05) is 22.8 Å². The molecule has 0 unspecified atom stereocenters. The number of hydrogen-bond acceptors (Lipinski definition) is 1. The molecule has 1 radical (unpaired) electrons. The van der Waals surface area contributed by atoms with Crippen molar-refractivity contribution in [3.8, 4) is 0 Å². The second-order valence-corrected chi connectivity index (χ2v) is 7.28. The van der Waals surface area contributed by atoms with E-state index in [1.54, 1.807) is 12.1 Å². The Labute approximate surface area is 161 Å². The second-order valence-electron chi connectivity index (χ2n) is 7.28. The molecule has 0 aliphatic heterocycles. The number of fused-ring (bicyclic) bond motifs is 3. The van der Waals surface area contributed by atoms with Gasteiger partial charge in [-0.15, -0.1) is 0 Å². The fraction of sp³-hybridized carbons (Fsp3) is 0.174. The van der Waals surface area contributed by atoms with Gasteiger partial charge >= 0.3 is 0 Å². The van der Waals surface area contributed by atoms with Gasteiger partial charge in [0.1, 0.15) is 11.6 Å². The van der Waals surface area contributed by atoms with Gasteiger partial charge in [0, 0.05) is 28.9 Å². The Morgan fingerprint density at radius 2 is 1.82 bits per heavy atom. The maximum absolute atomic E-state index is 13.7. The van der Waals surface area contributed by atoms with Crippen molar-refractivity contribution in [2.75, 3.05) is 0 Å². The molecule has 3 nitrogen and oxygen atoms in total. The number of rotatable bonds is 4. The molecule has 4 aromatic rings. The van der Waals surface area contributed by atoms with E-state index in [2.05, 4.69) is 19.9 Å². The van der Waals surface area contributed by atoms with Gasteiger partial charge in [0.25, 0.3) is 0 Å². The van der Waals surface area contributed by atoms with Gasteiger partial charge in [-0.2, -0.15) is 0 Å². The number of carbonyl (C=O) groups is 1. The second kappa shape index (κ2) is 6.75. The van der Waals surface area contributed by atoms with Crippen LogP contribution in [-0.4, -0.2) is 10.5 Å². The molecule has 0 fully saturated rings. The summed E-state index contributed by atoms with van der Waals surface area (Å²) in [6.07, 6.45) is 0. The highest BCUT2D eigenvalue weighted by Crippen LogP contribution is 2.34. The largest absolute Gasteiger partial charge is 0.366 e. The van der Waals surface area contributed by atoms with E-state index in [1.165, 1.54) is 12.1 Å². The summed E-state index contributed by atoms with van der Waals surface area (Å²) in [7, 11) is 0. The summed E-state index contributed by atoms with van der Waals surface area (Å²) in [4.78, 5) is 12.0. The van der Waals surface area contributed by atoms with E-state index in [0.717, 1.165) is 28.0 Å². The first-order chi connectivity index (χ1) is 13.3. The zero-order chi connectivity index (χ0) is 20.0. The molecule has 0 atom stereocenters. The standard InChI is InChI=1S/C23H19F2N2O/c1-13(2)15-6-7-18-21(10-15)27(12-14-8-16(24)11-17(25)9-14)20-5-3-4-19(22(18)20)23(26)28/h3-6,8-11,13H,12H2,1-2H3,(H2,26,28). The number of hydrogen-bond donors (Lipinski definition) is 1. The first kappa shape index (κ1) is 18.2. The number of nitrogens with zero attached hydrogens (tertiary/aromatic N) is 1. The summed E-state index contributed by atoms with van der Waals surface area (Å²) in [5.74, 6) is -1.48. The van der Waals surface area contributed by atoms with E-state index >= 15 is 0 Å². The first-order valence-corrected chi connectivity index (χ1v) is 9.06. The van der Waals surface area contributed by atoms with Crippen molar-refractivity contribution in [3.05, 3.63) is 82.9 Å². The summed E-state index contributed by atoms with van der Waals surface area (Å²) in [6, 6.07) is 16.0. The lowest BCUT2D eigenvalue weighted by Crippen LogP contribution is -2.11. The molecule has 2 N–H and O–H groups in total. The van der Waals surface area contributed by atoms with Crippen molar-refractivity contribution in [2.24, 2.45) is 5.73 Å². The maximum Gasteiger partial charge on any atom is 0.249 e. The fourth-order valence-electron chi connectivity index (χ4n) is 3.67. The van der Waals surface area contributed by atoms with Crippen LogP contribution in [0.15, 0.2) is 48.5 Å². The van der Waals surface area contributed by atoms with Crippen LogP contribution in [0.5, 0.6) is 0 Å². The van der Waals surface area contributed by atoms with Crippen LogP contribution in [0.25, 0.3) is 21.8 Å². The minimum absolute atomic E-state index is 0.256. The molecule has 141 valence electrons. The fourth-order valence-corrected chi connectivity index (χ4v) is 3.67. The Bertz CT molecular complexity index is 1200. The van der Waals surface area contributed by atoms with Crippen molar-refractivity contribution in [1.29, 1.82) is 0 Å². The number of nitrogens with two attached hydrogens (primary N) is 1. The molecular weight excluding hydrogens is 358 g/mol. The van der Waals surface area contributed by atoms with Crippen molar-refractivity contribution in [3.63, 3.8) is 0 Å². The first-order valence-electron chi connectivity index (χ1n) is 9.06. The molecular formula is C23H19F2N2O. The van der Waals surface area contributed by atoms with Crippen molar-refractivity contribution in [1.82, 2.24) is 4.57 Å². The number of aromatic nitrogens is 1. The molecule has 3 aromatic carbocycles. The zero-order valence-corrected chi connectivity index (χ0v) is 15.6. The van der Waals surface area contributed by atoms with Gasteiger partial charge < -0.3 is 10.3 Å². The van der Waals surface area contributed by atoms with Crippen LogP contribution in [0.3, 0.4) is 0 Å². The van der Waals surface area contributed by atoms with Crippen LogP contribution in [-0.2, 0) is 6.54 Å². The lowest BCUT2D eigenvalue weighted by molar-refractivity contribution is 0.100. The molecule has 1 aromatic heterocycles. The summed E-state index contributed by atoms with van der Waals surface area (Å²) in [5, 5.41) is 1.47. The molecule has 1 heterocycles. The normalized spacial score (nSPS) is 11.6. The lowest BCUT2D eigenvalue weighted by Gasteiger charge is -2.10. The van der Waals surface area contributed by atoms with Crippen LogP contribution in [0.4, 0.5) is 8.78 Å². The highest BCUT2D eigenvalue weighted by Gasteiger charge is 2.18. The smallest absolute Gasteiger partial charge is 0.249 e. The van der Waals surface area contributed by atoms with Crippen LogP contribution in [0, 0.1) is 17.7 Å². The number of primary amides is 1. The molecule has 0 saturated carbocycles. The van der Waals surface area contributed by atoms with Crippen LogP contribution in [0.1, 0.15) is 41.3 Å². The predicted octanol–water partition coefficient (Wildman–Crippen LogP) is 5.14. The van der Waals surface area contributed by atoms with Gasteiger partial charge in [0.15, 0.2) is 0 Å². The molecule has 4 rings (SSSR count). The third kappa shape index (κ3) is 3.03. The molecule has 1 amide bonds. The molecule has 0 bridgehead atoms. The molecule has 5 heteroatoms. The average Bonchev–Trinajstić information content (AvgIpc) is 2.94. The zero-order valence-electron chi connectivity index (χ0n) is 15.6. The number of amides is 1. The van der Waals surface area contributed by atoms with E-state index < -0.39 is 17.5 Å². The molecule has 0 saturated heterocycles. The van der Waals surface area contributed by atoms with Crippen LogP contribution < -0.4 is 5.73 Å². The number of carbonyl (C=O) groups excluding carboxylic acids is 1. The number of halogens is 2. The lowest BCUT2D eigenvalue weighted by atomic mass is 10.00.